The molecule has 8 rings (SSSR count). The number of piperidine rings is 1. The van der Waals surface area contributed by atoms with Crippen molar-refractivity contribution in [2.24, 2.45) is 7.05 Å². The minimum Gasteiger partial charge on any atom is -0.384 e. The number of hydrogen-bond donors (Lipinski definition) is 3. The summed E-state index contributed by atoms with van der Waals surface area (Å²) in [4.78, 5) is 69.4. The Hall–Kier alpha value is -6.39. The van der Waals surface area contributed by atoms with Crippen molar-refractivity contribution in [1.29, 1.82) is 0 Å². The van der Waals surface area contributed by atoms with Gasteiger partial charge in [0.15, 0.2) is 11.5 Å². The van der Waals surface area contributed by atoms with Gasteiger partial charge in [0.05, 0.1) is 23.3 Å². The van der Waals surface area contributed by atoms with Gasteiger partial charge in [0.2, 0.25) is 17.8 Å². The highest BCUT2D eigenvalue weighted by molar-refractivity contribution is 6.00. The van der Waals surface area contributed by atoms with E-state index in [2.05, 4.69) is 49.1 Å². The summed E-state index contributed by atoms with van der Waals surface area (Å²) < 4.78 is 6.25. The second-order valence-corrected chi connectivity index (χ2v) is 15.8. The number of allylic oxidation sites excluding steroid dienone is 1. The maximum Gasteiger partial charge on any atom is 0.329 e. The molecule has 0 spiro atoms. The number of hydrogen-bond acceptors (Lipinski definition) is 11. The molecule has 4 aromatic heterocycles. The van der Waals surface area contributed by atoms with Crippen molar-refractivity contribution < 1.29 is 14.7 Å². The molecule has 2 aromatic carbocycles. The molecule has 306 valence electrons. The lowest BCUT2D eigenvalue weighted by Gasteiger charge is -2.36. The van der Waals surface area contributed by atoms with Crippen molar-refractivity contribution in [3.8, 4) is 5.82 Å². The van der Waals surface area contributed by atoms with Crippen LogP contribution in [0.25, 0.3) is 27.9 Å². The fourth-order valence-electron chi connectivity index (χ4n) is 8.06. The van der Waals surface area contributed by atoms with E-state index < -0.39 is 17.6 Å². The maximum absolute atomic E-state index is 13.4. The number of nitrogens with zero attached hydrogens (tertiary/aromatic N) is 9. The van der Waals surface area contributed by atoms with Gasteiger partial charge in [-0.3, -0.25) is 33.7 Å². The van der Waals surface area contributed by atoms with Gasteiger partial charge in [0, 0.05) is 57.2 Å². The Kier molecular flexibility index (Phi) is 10.8. The summed E-state index contributed by atoms with van der Waals surface area (Å²) in [6.07, 6.45) is 6.66. The van der Waals surface area contributed by atoms with Gasteiger partial charge in [-0.2, -0.15) is 4.98 Å². The average molecular weight is 800 g/mol. The fourth-order valence-corrected chi connectivity index (χ4v) is 8.06. The third kappa shape index (κ3) is 7.92. The van der Waals surface area contributed by atoms with Crippen LogP contribution in [0.1, 0.15) is 56.8 Å². The standard InChI is InChI=1S/C43H49N11O5/c1-5-20-52-40(57)31-27-44-41(48-38(31)54(52)36-11-8-10-35(46-36)43(2,3)59)45-29-13-15-30(16-14-29)51-24-22-50(23-25-51)21-7-6-9-28-12-17-32-34(26-28)49(4)42(58)53(32)33-18-19-37(55)47-39(33)56/h5,8,10-17,26-27,33,59H,1,6-7,9,18-25H2,2-4H3,(H,44,45,48)(H,47,55,56). The van der Waals surface area contributed by atoms with Crippen LogP contribution in [0.4, 0.5) is 17.3 Å². The zero-order chi connectivity index (χ0) is 41.4. The van der Waals surface area contributed by atoms with Crippen molar-refractivity contribution in [1.82, 2.24) is 43.7 Å². The molecule has 3 N–H and O–H groups in total. The summed E-state index contributed by atoms with van der Waals surface area (Å²) >= 11 is 0. The Labute approximate surface area is 340 Å². The number of benzene rings is 2. The zero-order valence-corrected chi connectivity index (χ0v) is 33.6. The van der Waals surface area contributed by atoms with E-state index in [1.807, 2.05) is 30.3 Å². The van der Waals surface area contributed by atoms with E-state index >= 15 is 0 Å². The van der Waals surface area contributed by atoms with Crippen LogP contribution < -0.4 is 26.8 Å². The van der Waals surface area contributed by atoms with Gasteiger partial charge in [-0.05, 0) is 100 Å². The number of anilines is 3. The van der Waals surface area contributed by atoms with Gasteiger partial charge < -0.3 is 15.3 Å². The molecule has 2 saturated heterocycles. The molecule has 2 fully saturated rings. The first-order valence-corrected chi connectivity index (χ1v) is 20.1. The van der Waals surface area contributed by atoms with Crippen molar-refractivity contribution >= 4 is 51.2 Å². The summed E-state index contributed by atoms with van der Waals surface area (Å²) in [7, 11) is 1.73. The molecule has 0 aliphatic carbocycles. The number of carbonyl (C=O) groups excluding carboxylic acids is 2. The van der Waals surface area contributed by atoms with Gasteiger partial charge in [-0.1, -0.05) is 18.2 Å². The molecule has 2 aliphatic heterocycles. The number of nitrogens with one attached hydrogen (secondary N) is 2. The summed E-state index contributed by atoms with van der Waals surface area (Å²) in [6.45, 7) is 12.2. The van der Waals surface area contributed by atoms with Crippen LogP contribution in [-0.4, -0.2) is 88.0 Å². The Morgan fingerprint density at radius 3 is 2.47 bits per heavy atom. The number of carbonyl (C=O) groups is 2. The number of fused-ring (bicyclic) bond motifs is 2. The third-order valence-corrected chi connectivity index (χ3v) is 11.3. The van der Waals surface area contributed by atoms with E-state index in [0.717, 1.165) is 74.4 Å². The monoisotopic (exact) mass is 799 g/mol. The summed E-state index contributed by atoms with van der Waals surface area (Å²) in [5.74, 6) is 0.0469. The summed E-state index contributed by atoms with van der Waals surface area (Å²) in [5, 5.41) is 16.6. The molecule has 2 aliphatic rings. The van der Waals surface area contributed by atoms with Crippen LogP contribution in [-0.2, 0) is 35.2 Å². The topological polar surface area (TPSA) is 177 Å². The number of imide groups is 1. The van der Waals surface area contributed by atoms with Gasteiger partial charge in [-0.15, -0.1) is 6.58 Å². The molecule has 0 bridgehead atoms. The Morgan fingerprint density at radius 2 is 1.75 bits per heavy atom. The number of imidazole rings is 1. The van der Waals surface area contributed by atoms with Crippen LogP contribution in [0.2, 0.25) is 0 Å². The first-order valence-electron chi connectivity index (χ1n) is 20.1. The molecule has 6 heterocycles. The predicted octanol–water partition coefficient (Wildman–Crippen LogP) is 3.91. The Balaban J connectivity index is 0.853. The molecule has 0 saturated carbocycles. The minimum absolute atomic E-state index is 0.218. The van der Waals surface area contributed by atoms with E-state index in [9.17, 15) is 24.3 Å². The molecular weight excluding hydrogens is 751 g/mol. The molecular formula is C43H49N11O5. The van der Waals surface area contributed by atoms with Crippen LogP contribution in [0.5, 0.6) is 0 Å². The van der Waals surface area contributed by atoms with Crippen molar-refractivity contribution in [3.05, 3.63) is 112 Å². The quantitative estimate of drug-likeness (QED) is 0.0877. The second kappa shape index (κ2) is 16.1. The number of pyridine rings is 1. The van der Waals surface area contributed by atoms with Crippen LogP contribution in [0.15, 0.2) is 89.1 Å². The van der Waals surface area contributed by atoms with E-state index in [4.69, 9.17) is 4.98 Å². The van der Waals surface area contributed by atoms with Gasteiger partial charge in [0.25, 0.3) is 5.56 Å². The maximum atomic E-state index is 13.4. The Morgan fingerprint density at radius 1 is 0.966 bits per heavy atom. The van der Waals surface area contributed by atoms with Crippen LogP contribution >= 0.6 is 0 Å². The third-order valence-electron chi connectivity index (χ3n) is 11.3. The second-order valence-electron chi connectivity index (χ2n) is 15.8. The van der Waals surface area contributed by atoms with Crippen molar-refractivity contribution in [2.75, 3.05) is 42.9 Å². The van der Waals surface area contributed by atoms with E-state index in [1.54, 1.807) is 54.4 Å². The number of unbranched alkanes of at least 4 members (excludes halogenated alkanes) is 1. The van der Waals surface area contributed by atoms with E-state index in [1.165, 1.54) is 15.4 Å². The van der Waals surface area contributed by atoms with Gasteiger partial charge in [0.1, 0.15) is 17.0 Å². The molecule has 59 heavy (non-hydrogen) atoms. The van der Waals surface area contributed by atoms with Crippen LogP contribution in [0.3, 0.4) is 0 Å². The van der Waals surface area contributed by atoms with Gasteiger partial charge >= 0.3 is 5.69 Å². The van der Waals surface area contributed by atoms with E-state index in [-0.39, 0.29) is 30.1 Å². The molecule has 0 radical (unpaired) electrons. The first kappa shape index (κ1) is 39.4. The number of aryl methyl sites for hydroxylation is 2. The molecule has 6 aromatic rings. The van der Waals surface area contributed by atoms with Gasteiger partial charge in [-0.25, -0.2) is 24.1 Å². The molecule has 1 unspecified atom stereocenters. The largest absolute Gasteiger partial charge is 0.384 e. The summed E-state index contributed by atoms with van der Waals surface area (Å²) in [6, 6.07) is 18.8. The number of amides is 2. The minimum atomic E-state index is -1.17. The number of aliphatic hydroxyl groups is 1. The molecule has 16 nitrogen and oxygen atoms in total. The first-order chi connectivity index (χ1) is 28.4. The summed E-state index contributed by atoms with van der Waals surface area (Å²) in [5.41, 5.74) is 3.75. The fraction of sp³-hybridized carbons (Fsp3) is 0.372. The average Bonchev–Trinajstić information content (AvgIpc) is 3.64. The van der Waals surface area contributed by atoms with E-state index in [0.29, 0.717) is 40.4 Å². The molecule has 1 atom stereocenters. The highest BCUT2D eigenvalue weighted by Gasteiger charge is 2.31. The van der Waals surface area contributed by atoms with Crippen LogP contribution in [0, 0.1) is 0 Å². The lowest BCUT2D eigenvalue weighted by molar-refractivity contribution is -0.135. The Bertz CT molecular complexity index is 2680. The zero-order valence-electron chi connectivity index (χ0n) is 33.6. The number of aromatic nitrogens is 7. The highest BCUT2D eigenvalue weighted by Crippen LogP contribution is 2.26. The SMILES string of the molecule is C=CCn1c(=O)c2cnc(Nc3ccc(N4CCN(CCCCc5ccc6c(c5)n(C)c(=O)n6C5CCC(=O)NC5=O)CC4)cc3)nc2n1-c1cccc(C(C)(C)O)n1. The normalized spacial score (nSPS) is 16.5. The van der Waals surface area contributed by atoms with Crippen molar-refractivity contribution in [3.63, 3.8) is 0 Å². The lowest BCUT2D eigenvalue weighted by Crippen LogP contribution is -2.46. The van der Waals surface area contributed by atoms with Crippen molar-refractivity contribution in [2.45, 2.75) is 64.1 Å². The number of piperazine rings is 1. The number of rotatable bonds is 13. The molecule has 2 amide bonds. The predicted molar refractivity (Wildman–Crippen MR) is 226 cm³/mol. The highest BCUT2D eigenvalue weighted by atomic mass is 16.3. The lowest BCUT2D eigenvalue weighted by atomic mass is 10.0. The molecule has 16 heteroatoms. The smallest absolute Gasteiger partial charge is 0.329 e.